The number of hydrogen-bond acceptors (Lipinski definition) is 5. The maximum absolute atomic E-state index is 5.58. The fourth-order valence-corrected chi connectivity index (χ4v) is 2.38. The standard InChI is InChI=1S/C13H17N3OS.ClH/c1-17-9-11-4-2-3-10(5-11)6-15-7-12-8-16-13(14)18-12;/h2-5,8,15H,6-7,9H2,1H3,(H2,14,16);1H. The third-order valence-corrected chi connectivity index (χ3v) is 3.33. The molecule has 2 aromatic rings. The number of nitrogens with one attached hydrogen (secondary N) is 1. The summed E-state index contributed by atoms with van der Waals surface area (Å²) in [6, 6.07) is 8.37. The van der Waals surface area contributed by atoms with Gasteiger partial charge in [0.25, 0.3) is 0 Å². The van der Waals surface area contributed by atoms with Crippen LogP contribution in [0.2, 0.25) is 0 Å². The highest BCUT2D eigenvalue weighted by atomic mass is 35.5. The highest BCUT2D eigenvalue weighted by Gasteiger charge is 1.99. The lowest BCUT2D eigenvalue weighted by atomic mass is 10.1. The van der Waals surface area contributed by atoms with Gasteiger partial charge in [0.2, 0.25) is 0 Å². The molecule has 2 rings (SSSR count). The number of nitrogen functional groups attached to an aromatic ring is 1. The summed E-state index contributed by atoms with van der Waals surface area (Å²) in [6.07, 6.45) is 1.81. The molecule has 1 heterocycles. The van der Waals surface area contributed by atoms with Crippen molar-refractivity contribution in [3.05, 3.63) is 46.5 Å². The molecule has 0 spiro atoms. The molecule has 0 unspecified atom stereocenters. The second-order valence-electron chi connectivity index (χ2n) is 4.02. The van der Waals surface area contributed by atoms with Gasteiger partial charge in [-0.15, -0.1) is 23.7 Å². The molecule has 0 amide bonds. The number of methoxy groups -OCH3 is 1. The van der Waals surface area contributed by atoms with Crippen LogP contribution in [0.5, 0.6) is 0 Å². The number of rotatable bonds is 6. The molecule has 0 aliphatic rings. The summed E-state index contributed by atoms with van der Waals surface area (Å²) in [5.74, 6) is 0. The van der Waals surface area contributed by atoms with Gasteiger partial charge in [-0.1, -0.05) is 24.3 Å². The van der Waals surface area contributed by atoms with Crippen molar-refractivity contribution in [2.45, 2.75) is 19.7 Å². The van der Waals surface area contributed by atoms with Crippen molar-refractivity contribution < 1.29 is 4.74 Å². The van der Waals surface area contributed by atoms with E-state index in [1.165, 1.54) is 22.5 Å². The molecule has 6 heteroatoms. The van der Waals surface area contributed by atoms with Crippen LogP contribution in [-0.2, 0) is 24.4 Å². The molecule has 0 saturated carbocycles. The zero-order valence-corrected chi connectivity index (χ0v) is 12.4. The van der Waals surface area contributed by atoms with Crippen molar-refractivity contribution in [1.29, 1.82) is 0 Å². The number of nitrogens with zero attached hydrogens (tertiary/aromatic N) is 1. The van der Waals surface area contributed by atoms with E-state index in [0.29, 0.717) is 11.7 Å². The first-order valence-corrected chi connectivity index (χ1v) is 6.57. The Bertz CT molecular complexity index is 504. The lowest BCUT2D eigenvalue weighted by molar-refractivity contribution is 0.185. The maximum Gasteiger partial charge on any atom is 0.180 e. The molecule has 0 aliphatic heterocycles. The molecular formula is C13H18ClN3OS. The average molecular weight is 300 g/mol. The molecule has 0 atom stereocenters. The minimum Gasteiger partial charge on any atom is -0.380 e. The molecule has 104 valence electrons. The summed E-state index contributed by atoms with van der Waals surface area (Å²) in [4.78, 5) is 5.17. The van der Waals surface area contributed by atoms with Crippen molar-refractivity contribution in [2.24, 2.45) is 0 Å². The second-order valence-corrected chi connectivity index (χ2v) is 5.17. The van der Waals surface area contributed by atoms with E-state index < -0.39 is 0 Å². The fourth-order valence-electron chi connectivity index (χ4n) is 1.73. The van der Waals surface area contributed by atoms with Crippen LogP contribution >= 0.6 is 23.7 Å². The first-order chi connectivity index (χ1) is 8.78. The second kappa shape index (κ2) is 8.12. The van der Waals surface area contributed by atoms with Crippen LogP contribution in [0.3, 0.4) is 0 Å². The molecule has 0 radical (unpaired) electrons. The zero-order chi connectivity index (χ0) is 12.8. The predicted octanol–water partition coefficient (Wildman–Crippen LogP) is 2.58. The Morgan fingerprint density at radius 1 is 1.32 bits per heavy atom. The van der Waals surface area contributed by atoms with Gasteiger partial charge in [-0.25, -0.2) is 4.98 Å². The average Bonchev–Trinajstić information content (AvgIpc) is 2.76. The van der Waals surface area contributed by atoms with Gasteiger partial charge in [-0.2, -0.15) is 0 Å². The molecule has 0 bridgehead atoms. The summed E-state index contributed by atoms with van der Waals surface area (Å²) in [5, 5.41) is 3.99. The third-order valence-electron chi connectivity index (χ3n) is 2.50. The van der Waals surface area contributed by atoms with Crippen molar-refractivity contribution in [1.82, 2.24) is 10.3 Å². The largest absolute Gasteiger partial charge is 0.380 e. The molecule has 0 aliphatic carbocycles. The Hall–Kier alpha value is -1.14. The number of halogens is 1. The van der Waals surface area contributed by atoms with Gasteiger partial charge in [0, 0.05) is 31.3 Å². The predicted molar refractivity (Wildman–Crippen MR) is 81.5 cm³/mol. The van der Waals surface area contributed by atoms with Crippen molar-refractivity contribution in [3.8, 4) is 0 Å². The van der Waals surface area contributed by atoms with E-state index in [1.807, 2.05) is 6.20 Å². The number of nitrogens with two attached hydrogens (primary N) is 1. The highest BCUT2D eigenvalue weighted by Crippen LogP contribution is 2.14. The Balaban J connectivity index is 0.00000180. The van der Waals surface area contributed by atoms with Crippen LogP contribution in [0, 0.1) is 0 Å². The van der Waals surface area contributed by atoms with E-state index in [0.717, 1.165) is 18.0 Å². The van der Waals surface area contributed by atoms with Crippen molar-refractivity contribution >= 4 is 28.9 Å². The van der Waals surface area contributed by atoms with Crippen molar-refractivity contribution in [3.63, 3.8) is 0 Å². The SMILES string of the molecule is COCc1cccc(CNCc2cnc(N)s2)c1.Cl. The molecule has 1 aromatic heterocycles. The van der Waals surface area contributed by atoms with Gasteiger partial charge in [0.1, 0.15) is 0 Å². The van der Waals surface area contributed by atoms with Gasteiger partial charge in [-0.05, 0) is 11.1 Å². The van der Waals surface area contributed by atoms with E-state index in [2.05, 4.69) is 34.6 Å². The van der Waals surface area contributed by atoms with Crippen LogP contribution in [0.4, 0.5) is 5.13 Å². The zero-order valence-electron chi connectivity index (χ0n) is 10.8. The van der Waals surface area contributed by atoms with Gasteiger partial charge in [0.05, 0.1) is 6.61 Å². The Kier molecular flexibility index (Phi) is 6.80. The van der Waals surface area contributed by atoms with Crippen LogP contribution < -0.4 is 11.1 Å². The van der Waals surface area contributed by atoms with E-state index >= 15 is 0 Å². The van der Waals surface area contributed by atoms with Crippen molar-refractivity contribution in [2.75, 3.05) is 12.8 Å². The highest BCUT2D eigenvalue weighted by molar-refractivity contribution is 7.15. The van der Waals surface area contributed by atoms with E-state index in [-0.39, 0.29) is 12.4 Å². The molecular weight excluding hydrogens is 282 g/mol. The number of aromatic nitrogens is 1. The van der Waals surface area contributed by atoms with Crippen LogP contribution in [0.15, 0.2) is 30.5 Å². The Morgan fingerprint density at radius 3 is 2.79 bits per heavy atom. The number of ether oxygens (including phenoxy) is 1. The normalized spacial score (nSPS) is 10.2. The first-order valence-electron chi connectivity index (χ1n) is 5.75. The Morgan fingerprint density at radius 2 is 2.11 bits per heavy atom. The van der Waals surface area contributed by atoms with E-state index in [1.54, 1.807) is 7.11 Å². The van der Waals surface area contributed by atoms with E-state index in [4.69, 9.17) is 10.5 Å². The number of anilines is 1. The van der Waals surface area contributed by atoms with Crippen LogP contribution in [-0.4, -0.2) is 12.1 Å². The summed E-state index contributed by atoms with van der Waals surface area (Å²) < 4.78 is 5.12. The molecule has 0 saturated heterocycles. The monoisotopic (exact) mass is 299 g/mol. The van der Waals surface area contributed by atoms with Crippen LogP contribution in [0.1, 0.15) is 16.0 Å². The van der Waals surface area contributed by atoms with E-state index in [9.17, 15) is 0 Å². The summed E-state index contributed by atoms with van der Waals surface area (Å²) in [7, 11) is 1.71. The molecule has 0 fully saturated rings. The number of benzene rings is 1. The quantitative estimate of drug-likeness (QED) is 0.861. The smallest absolute Gasteiger partial charge is 0.180 e. The minimum atomic E-state index is 0. The first kappa shape index (κ1) is 15.9. The van der Waals surface area contributed by atoms with Gasteiger partial charge < -0.3 is 15.8 Å². The minimum absolute atomic E-state index is 0. The summed E-state index contributed by atoms with van der Waals surface area (Å²) in [6.45, 7) is 2.28. The van der Waals surface area contributed by atoms with Crippen LogP contribution in [0.25, 0.3) is 0 Å². The third kappa shape index (κ3) is 5.16. The fraction of sp³-hybridized carbons (Fsp3) is 0.308. The number of thiazole rings is 1. The molecule has 3 N–H and O–H groups in total. The van der Waals surface area contributed by atoms with Gasteiger partial charge in [-0.3, -0.25) is 0 Å². The lowest BCUT2D eigenvalue weighted by Crippen LogP contribution is -2.11. The molecule has 19 heavy (non-hydrogen) atoms. The topological polar surface area (TPSA) is 60.2 Å². The lowest BCUT2D eigenvalue weighted by Gasteiger charge is -2.05. The number of hydrogen-bond donors (Lipinski definition) is 2. The summed E-state index contributed by atoms with van der Waals surface area (Å²) >= 11 is 1.52. The summed E-state index contributed by atoms with van der Waals surface area (Å²) in [5.41, 5.74) is 8.03. The van der Waals surface area contributed by atoms with Gasteiger partial charge in [0.15, 0.2) is 5.13 Å². The molecule has 4 nitrogen and oxygen atoms in total. The maximum atomic E-state index is 5.58. The van der Waals surface area contributed by atoms with Gasteiger partial charge >= 0.3 is 0 Å². The Labute approximate surface area is 123 Å². The molecule has 1 aromatic carbocycles.